The zero-order valence-electron chi connectivity index (χ0n) is 18.8. The van der Waals surface area contributed by atoms with Crippen LogP contribution in [-0.4, -0.2) is 59.6 Å². The van der Waals surface area contributed by atoms with Gasteiger partial charge in [-0.2, -0.15) is 8.78 Å². The number of hydrogen-bond donors (Lipinski definition) is 3. The number of carboxylic acid groups (broad SMARTS) is 1. The molecule has 34 heavy (non-hydrogen) atoms. The van der Waals surface area contributed by atoms with Crippen LogP contribution in [0.5, 0.6) is 11.5 Å². The summed E-state index contributed by atoms with van der Waals surface area (Å²) in [6.45, 7) is 1.66. The SMILES string of the molecule is CC1CCCN1C(=O)CNC=O.Cc1ccc2c(c1)Oc1ccccc1S2.O=CO.OC(F)F. The van der Waals surface area contributed by atoms with Crippen LogP contribution in [0.4, 0.5) is 8.78 Å². The third kappa shape index (κ3) is 10.2. The van der Waals surface area contributed by atoms with Crippen LogP contribution in [0.25, 0.3) is 0 Å². The fourth-order valence-electron chi connectivity index (χ4n) is 3.17. The molecule has 0 bridgehead atoms. The Balaban J connectivity index is 0.000000273. The van der Waals surface area contributed by atoms with Gasteiger partial charge < -0.3 is 25.2 Å². The number of aliphatic hydroxyl groups excluding tert-OH is 1. The van der Waals surface area contributed by atoms with Crippen LogP contribution in [0.3, 0.4) is 0 Å². The molecular formula is C23H28F2N2O6S. The number of alkyl halides is 2. The molecule has 2 heterocycles. The van der Waals surface area contributed by atoms with Crippen molar-refractivity contribution in [1.29, 1.82) is 0 Å². The minimum Gasteiger partial charge on any atom is -0.483 e. The van der Waals surface area contributed by atoms with Crippen LogP contribution in [0, 0.1) is 6.92 Å². The van der Waals surface area contributed by atoms with Crippen molar-refractivity contribution in [3.05, 3.63) is 48.0 Å². The van der Waals surface area contributed by atoms with Gasteiger partial charge >= 0.3 is 6.61 Å². The van der Waals surface area contributed by atoms with E-state index in [2.05, 4.69) is 36.5 Å². The van der Waals surface area contributed by atoms with Crippen molar-refractivity contribution in [2.45, 2.75) is 49.1 Å². The van der Waals surface area contributed by atoms with Gasteiger partial charge in [0.2, 0.25) is 12.3 Å². The molecule has 2 aliphatic rings. The van der Waals surface area contributed by atoms with Crippen LogP contribution in [0.2, 0.25) is 0 Å². The summed E-state index contributed by atoms with van der Waals surface area (Å²) >= 11 is 1.77. The molecule has 1 saturated heterocycles. The molecule has 2 aromatic carbocycles. The zero-order chi connectivity index (χ0) is 25.5. The molecule has 11 heteroatoms. The van der Waals surface area contributed by atoms with Gasteiger partial charge in [0, 0.05) is 12.6 Å². The summed E-state index contributed by atoms with van der Waals surface area (Å²) in [6.07, 6.45) is 2.71. The van der Waals surface area contributed by atoms with E-state index in [1.54, 1.807) is 11.8 Å². The summed E-state index contributed by atoms with van der Waals surface area (Å²) in [6, 6.07) is 14.8. The monoisotopic (exact) mass is 498 g/mol. The molecule has 0 spiro atoms. The first kappa shape index (κ1) is 28.9. The highest BCUT2D eigenvalue weighted by atomic mass is 32.2. The molecule has 1 fully saturated rings. The van der Waals surface area contributed by atoms with Gasteiger partial charge in [-0.3, -0.25) is 14.4 Å². The molecule has 0 radical (unpaired) electrons. The number of likely N-dealkylation sites (tertiary alicyclic amines) is 1. The molecule has 4 rings (SSSR count). The molecule has 0 aromatic heterocycles. The van der Waals surface area contributed by atoms with E-state index < -0.39 is 6.61 Å². The maximum atomic E-state index is 11.3. The summed E-state index contributed by atoms with van der Waals surface area (Å²) < 4.78 is 25.6. The molecular weight excluding hydrogens is 470 g/mol. The summed E-state index contributed by atoms with van der Waals surface area (Å²) in [5, 5.41) is 16.0. The predicted molar refractivity (Wildman–Crippen MR) is 123 cm³/mol. The lowest BCUT2D eigenvalue weighted by Crippen LogP contribution is -2.39. The Bertz CT molecular complexity index is 929. The number of nitrogens with one attached hydrogen (secondary N) is 1. The predicted octanol–water partition coefficient (Wildman–Crippen LogP) is 3.90. The lowest BCUT2D eigenvalue weighted by molar-refractivity contribution is -0.131. The smallest absolute Gasteiger partial charge is 0.342 e. The second-order valence-corrected chi connectivity index (χ2v) is 8.15. The van der Waals surface area contributed by atoms with E-state index in [-0.39, 0.29) is 18.9 Å². The van der Waals surface area contributed by atoms with E-state index in [1.165, 1.54) is 15.4 Å². The van der Waals surface area contributed by atoms with Crippen molar-refractivity contribution in [2.24, 2.45) is 0 Å². The van der Waals surface area contributed by atoms with E-state index >= 15 is 0 Å². The third-order valence-corrected chi connectivity index (χ3v) is 5.71. The van der Waals surface area contributed by atoms with Crippen LogP contribution in [0.15, 0.2) is 52.3 Å². The van der Waals surface area contributed by atoms with Crippen molar-refractivity contribution in [2.75, 3.05) is 13.1 Å². The van der Waals surface area contributed by atoms with Crippen LogP contribution in [0.1, 0.15) is 25.3 Å². The first-order chi connectivity index (χ1) is 16.2. The van der Waals surface area contributed by atoms with Crippen LogP contribution >= 0.6 is 11.8 Å². The van der Waals surface area contributed by atoms with Crippen LogP contribution in [-0.2, 0) is 14.4 Å². The fraction of sp³-hybridized carbons (Fsp3) is 0.348. The number of benzene rings is 2. The van der Waals surface area contributed by atoms with Gasteiger partial charge in [-0.15, -0.1) is 0 Å². The minimum absolute atomic E-state index is 0.0205. The van der Waals surface area contributed by atoms with Gasteiger partial charge in [-0.1, -0.05) is 30.0 Å². The summed E-state index contributed by atoms with van der Waals surface area (Å²) in [5.41, 5.74) is 1.23. The standard InChI is InChI=1S/C13H10OS.C8H14N2O2.CH2F2O.CH2O2/c1-9-6-7-13-11(8-9)14-10-4-2-3-5-12(10)15-13;1-7-3-2-4-10(7)8(12)5-9-6-11;2-1(3)4;2-1-3/h2-8H,1H3;6-7H,2-5H2,1H3,(H,9,11);1,4H;1H,(H,2,3). The summed E-state index contributed by atoms with van der Waals surface area (Å²) in [4.78, 5) is 33.8. The topological polar surface area (TPSA) is 116 Å². The quantitative estimate of drug-likeness (QED) is 0.469. The number of aryl methyl sites for hydroxylation is 1. The zero-order valence-corrected chi connectivity index (χ0v) is 19.6. The highest BCUT2D eigenvalue weighted by Gasteiger charge is 2.24. The Morgan fingerprint density at radius 1 is 1.24 bits per heavy atom. The number of hydrogen-bond acceptors (Lipinski definition) is 6. The van der Waals surface area contributed by atoms with Gasteiger partial charge in [0.25, 0.3) is 6.47 Å². The Kier molecular flexibility index (Phi) is 13.3. The largest absolute Gasteiger partial charge is 0.483 e. The average Bonchev–Trinajstić information content (AvgIpc) is 3.22. The lowest BCUT2D eigenvalue weighted by Gasteiger charge is -2.20. The molecule has 2 amide bonds. The molecule has 1 atom stereocenters. The second kappa shape index (κ2) is 15.6. The molecule has 0 saturated carbocycles. The fourth-order valence-corrected chi connectivity index (χ4v) is 4.10. The lowest BCUT2D eigenvalue weighted by atomic mass is 10.2. The van der Waals surface area contributed by atoms with Crippen molar-refractivity contribution >= 4 is 30.6 Å². The van der Waals surface area contributed by atoms with E-state index in [1.807, 2.05) is 30.0 Å². The Morgan fingerprint density at radius 3 is 2.44 bits per heavy atom. The van der Waals surface area contributed by atoms with Gasteiger partial charge in [0.1, 0.15) is 11.5 Å². The number of para-hydroxylation sites is 1. The Hall–Kier alpha value is -3.18. The molecule has 1 unspecified atom stereocenters. The first-order valence-corrected chi connectivity index (χ1v) is 11.1. The first-order valence-electron chi connectivity index (χ1n) is 10.3. The number of rotatable bonds is 3. The molecule has 3 N–H and O–H groups in total. The number of nitrogens with zero attached hydrogens (tertiary/aromatic N) is 1. The van der Waals surface area contributed by atoms with Gasteiger partial charge in [0.15, 0.2) is 0 Å². The van der Waals surface area contributed by atoms with Crippen molar-refractivity contribution in [3.63, 3.8) is 0 Å². The van der Waals surface area contributed by atoms with Crippen molar-refractivity contribution < 1.29 is 38.1 Å². The van der Waals surface area contributed by atoms with E-state index in [0.29, 0.717) is 12.5 Å². The number of carbonyl (C=O) groups excluding carboxylic acids is 2. The number of amides is 2. The van der Waals surface area contributed by atoms with Gasteiger partial charge in [0.05, 0.1) is 16.3 Å². The molecule has 186 valence electrons. The average molecular weight is 499 g/mol. The number of carbonyl (C=O) groups is 3. The number of ether oxygens (including phenoxy) is 1. The van der Waals surface area contributed by atoms with Gasteiger partial charge in [-0.25, -0.2) is 0 Å². The van der Waals surface area contributed by atoms with Crippen molar-refractivity contribution in [3.8, 4) is 11.5 Å². The van der Waals surface area contributed by atoms with E-state index in [0.717, 1.165) is 30.9 Å². The molecule has 2 aliphatic heterocycles. The van der Waals surface area contributed by atoms with E-state index in [4.69, 9.17) is 19.7 Å². The molecule has 8 nitrogen and oxygen atoms in total. The van der Waals surface area contributed by atoms with Crippen molar-refractivity contribution in [1.82, 2.24) is 10.2 Å². The Morgan fingerprint density at radius 2 is 1.85 bits per heavy atom. The molecule has 2 aromatic rings. The highest BCUT2D eigenvalue weighted by Crippen LogP contribution is 2.46. The van der Waals surface area contributed by atoms with Gasteiger partial charge in [-0.05, 0) is 56.5 Å². The second-order valence-electron chi connectivity index (χ2n) is 7.06. The third-order valence-electron chi connectivity index (χ3n) is 4.60. The number of fused-ring (bicyclic) bond motifs is 2. The maximum Gasteiger partial charge on any atom is 0.342 e. The van der Waals surface area contributed by atoms with E-state index in [9.17, 15) is 18.4 Å². The number of halogens is 2. The maximum absolute atomic E-state index is 11.3. The Labute approximate surface area is 200 Å². The molecule has 0 aliphatic carbocycles. The number of aliphatic hydroxyl groups is 1. The normalized spacial score (nSPS) is 14.9. The van der Waals surface area contributed by atoms with Crippen LogP contribution < -0.4 is 10.1 Å². The summed E-state index contributed by atoms with van der Waals surface area (Å²) in [7, 11) is 0. The minimum atomic E-state index is -3.17. The highest BCUT2D eigenvalue weighted by molar-refractivity contribution is 7.99. The summed E-state index contributed by atoms with van der Waals surface area (Å²) in [5.74, 6) is 1.95.